The molecule has 2 saturated heterocycles. The van der Waals surface area contributed by atoms with Crippen molar-refractivity contribution in [2.24, 2.45) is 39.7 Å². The molecule has 5 fully saturated rings. The summed E-state index contributed by atoms with van der Waals surface area (Å²) < 4.78 is 60.9. The molecule has 0 bridgehead atoms. The van der Waals surface area contributed by atoms with Gasteiger partial charge in [-0.1, -0.05) is 31.0 Å². The van der Waals surface area contributed by atoms with E-state index in [2.05, 4.69) is 46.3 Å². The molecule has 9 atom stereocenters. The summed E-state index contributed by atoms with van der Waals surface area (Å²) in [5, 5.41) is 16.5. The van der Waals surface area contributed by atoms with Crippen LogP contribution in [0.3, 0.4) is 0 Å². The van der Waals surface area contributed by atoms with Crippen LogP contribution in [0.15, 0.2) is 16.8 Å². The van der Waals surface area contributed by atoms with Crippen molar-refractivity contribution in [3.63, 3.8) is 0 Å². The lowest BCUT2D eigenvalue weighted by molar-refractivity contribution is -0.128. The minimum absolute atomic E-state index is 0.0383. The van der Waals surface area contributed by atoms with E-state index < -0.39 is 0 Å². The number of fused-ring (bicyclic) bond motifs is 6. The van der Waals surface area contributed by atoms with E-state index in [4.69, 9.17) is 56.9 Å². The number of carbonyl (C=O) groups is 4. The topological polar surface area (TPSA) is 240 Å². The predicted octanol–water partition coefficient (Wildman–Crippen LogP) is 4.67. The van der Waals surface area contributed by atoms with Crippen molar-refractivity contribution in [1.82, 2.24) is 21.3 Å². The van der Waals surface area contributed by atoms with Crippen molar-refractivity contribution >= 4 is 41.1 Å². The second-order valence-corrected chi connectivity index (χ2v) is 23.2. The monoisotopic (exact) mass is 1140 g/mol. The van der Waals surface area contributed by atoms with Crippen molar-refractivity contribution in [1.29, 1.82) is 0 Å². The minimum Gasteiger partial charge on any atom is -0.385 e. The Morgan fingerprint density at radius 2 is 1.11 bits per heavy atom. The average molecular weight is 1140 g/mol. The highest BCUT2D eigenvalue weighted by atomic mass is 32.2. The Morgan fingerprint density at radius 3 is 1.63 bits per heavy atom. The van der Waals surface area contributed by atoms with Crippen LogP contribution in [0.1, 0.15) is 97.8 Å². The highest BCUT2D eigenvalue weighted by Crippen LogP contribution is 2.66. The van der Waals surface area contributed by atoms with Gasteiger partial charge < -0.3 is 78.2 Å². The fraction of sp³-hybridized carbons (Fsp3) is 0.877. The summed E-state index contributed by atoms with van der Waals surface area (Å²) in [5.74, 6) is 3.42. The molecule has 7 unspecified atom stereocenters. The number of thioether (sulfide) groups is 1. The first-order valence-corrected chi connectivity index (χ1v) is 30.6. The van der Waals surface area contributed by atoms with E-state index in [1.165, 1.54) is 24.8 Å². The van der Waals surface area contributed by atoms with E-state index in [1.807, 2.05) is 11.8 Å². The van der Waals surface area contributed by atoms with E-state index in [1.54, 1.807) is 6.92 Å². The zero-order chi connectivity index (χ0) is 55.8. The van der Waals surface area contributed by atoms with Crippen LogP contribution in [0.2, 0.25) is 0 Å². The summed E-state index contributed by atoms with van der Waals surface area (Å²) in [4.78, 5) is 53.9. The molecule has 79 heavy (non-hydrogen) atoms. The molecule has 0 spiro atoms. The van der Waals surface area contributed by atoms with Gasteiger partial charge >= 0.3 is 6.03 Å². The van der Waals surface area contributed by atoms with Crippen LogP contribution < -0.4 is 21.3 Å². The molecule has 2 aliphatic heterocycles. The number of hydrogen-bond donors (Lipinski definition) is 4. The number of urea groups is 1. The summed E-state index contributed by atoms with van der Waals surface area (Å²) in [6.45, 7) is 17.5. The Bertz CT molecular complexity index is 1850. The van der Waals surface area contributed by atoms with Gasteiger partial charge in [-0.15, -0.1) is 0 Å². The quantitative estimate of drug-likeness (QED) is 0.0368. The summed E-state index contributed by atoms with van der Waals surface area (Å²) in [6.07, 6.45) is 14.4. The normalized spacial score (nSPS) is 27.4. The Balaban J connectivity index is 0.586. The van der Waals surface area contributed by atoms with Crippen molar-refractivity contribution in [2.45, 2.75) is 115 Å². The van der Waals surface area contributed by atoms with Crippen LogP contribution in [0.25, 0.3) is 0 Å². The van der Waals surface area contributed by atoms with Gasteiger partial charge in [0.2, 0.25) is 5.91 Å². The minimum atomic E-state index is -0.229. The molecule has 4 amide bonds. The first-order valence-electron chi connectivity index (χ1n) is 29.6. The van der Waals surface area contributed by atoms with Gasteiger partial charge in [-0.3, -0.25) is 14.4 Å². The second kappa shape index (κ2) is 37.3. The largest absolute Gasteiger partial charge is 0.385 e. The van der Waals surface area contributed by atoms with E-state index in [9.17, 15) is 19.2 Å². The molecule has 3 saturated carbocycles. The number of ether oxygens (including phenoxy) is 11. The van der Waals surface area contributed by atoms with Crippen LogP contribution in [0.4, 0.5) is 4.79 Å². The molecule has 0 aromatic carbocycles. The van der Waals surface area contributed by atoms with Gasteiger partial charge in [0.15, 0.2) is 6.61 Å². The molecule has 6 rings (SSSR count). The molecular formula is C57H97N5O16S. The Labute approximate surface area is 474 Å². The van der Waals surface area contributed by atoms with Gasteiger partial charge in [0, 0.05) is 36.4 Å². The third kappa shape index (κ3) is 22.6. The number of nitrogens with one attached hydrogen (secondary N) is 4. The lowest BCUT2D eigenvalue weighted by Gasteiger charge is -2.58. The predicted molar refractivity (Wildman–Crippen MR) is 298 cm³/mol. The van der Waals surface area contributed by atoms with Crippen LogP contribution in [0, 0.1) is 34.5 Å². The summed E-state index contributed by atoms with van der Waals surface area (Å²) in [7, 11) is 0. The molecule has 2 heterocycles. The van der Waals surface area contributed by atoms with Gasteiger partial charge in [0.05, 0.1) is 163 Å². The first-order chi connectivity index (χ1) is 38.6. The second-order valence-electron chi connectivity index (χ2n) is 21.9. The van der Waals surface area contributed by atoms with Crippen LogP contribution >= 0.6 is 11.8 Å². The Hall–Kier alpha value is -3.00. The number of rotatable bonds is 45. The molecule has 4 aliphatic carbocycles. The molecule has 6 aliphatic rings. The van der Waals surface area contributed by atoms with Gasteiger partial charge in [0.1, 0.15) is 5.78 Å². The number of oxime groups is 1. The lowest BCUT2D eigenvalue weighted by atomic mass is 9.46. The molecule has 0 radical (unpaired) electrons. The van der Waals surface area contributed by atoms with Crippen LogP contribution in [0.5, 0.6) is 0 Å². The van der Waals surface area contributed by atoms with E-state index >= 15 is 0 Å². The molecule has 0 aromatic heterocycles. The molecule has 0 aromatic rings. The van der Waals surface area contributed by atoms with Crippen molar-refractivity contribution < 1.29 is 76.1 Å². The third-order valence-electron chi connectivity index (χ3n) is 16.8. The Kier molecular flexibility index (Phi) is 30.7. The first kappa shape index (κ1) is 65.2. The highest BCUT2D eigenvalue weighted by Gasteiger charge is 2.59. The van der Waals surface area contributed by atoms with Gasteiger partial charge in [-0.05, 0) is 106 Å². The molecule has 21 nitrogen and oxygen atoms in total. The number of hydrogen-bond acceptors (Lipinski definition) is 18. The Morgan fingerprint density at radius 1 is 0.608 bits per heavy atom. The van der Waals surface area contributed by atoms with E-state index in [-0.39, 0.29) is 53.3 Å². The molecule has 22 heteroatoms. The average Bonchev–Trinajstić information content (AvgIpc) is 4.30. The zero-order valence-electron chi connectivity index (χ0n) is 47.9. The van der Waals surface area contributed by atoms with Gasteiger partial charge in [-0.25, -0.2) is 4.79 Å². The highest BCUT2D eigenvalue weighted by molar-refractivity contribution is 8.00. The van der Waals surface area contributed by atoms with Crippen LogP contribution in [-0.2, 0) is 71.3 Å². The van der Waals surface area contributed by atoms with E-state index in [0.29, 0.717) is 194 Å². The fourth-order valence-corrected chi connectivity index (χ4v) is 14.3. The number of unbranched alkanes of at least 4 members (excludes halogenated alkanes) is 1. The summed E-state index contributed by atoms with van der Waals surface area (Å²) >= 11 is 1.90. The maximum absolute atomic E-state index is 12.5. The van der Waals surface area contributed by atoms with Crippen molar-refractivity contribution in [3.05, 3.63) is 11.6 Å². The standard InChI is InChI=1S/C57H97N5O16S/c1-43(63)47-10-11-48-46-9-8-44-40-45(12-14-56(44,2)49(46)13-15-57(47,48)3)62-78-41-53(65)59-17-19-68-21-23-70-25-27-72-29-31-74-33-35-76-37-39-77-38-36-75-34-32-73-30-28-71-26-24-69-22-20-67-18-16-58-52(64)7-5-4-6-51-54-50(42-79-51)60-55(66)61-54/h40,46-51,54H,4-39,41-42H2,1-3H3,(H,58,64)(H,59,65)(H2,60,61,66)/b62-45+/t46?,47?,48?,49?,50-,51?,54-,56?,57?/m0/s1. The number of allylic oxidation sites excluding steroid dienone is 2. The van der Waals surface area contributed by atoms with Gasteiger partial charge in [-0.2, -0.15) is 11.8 Å². The molecular weight excluding hydrogens is 1040 g/mol. The SMILES string of the molecule is CC(=O)C1CCC2C3CCC4=C/C(=N/OCC(=O)NCCOCCOCCOCCOCCOCCOCCOCCOCCOCCOCCOCCNC(=O)CCCCC5SC[C@@H]6NC(=O)N[C@H]56)CCC4(C)C3CCC12C. The van der Waals surface area contributed by atoms with Crippen molar-refractivity contribution in [2.75, 3.05) is 171 Å². The number of Topliss-reactive ketones (excluding diaryl/α,β-unsaturated/α-hetero) is 1. The summed E-state index contributed by atoms with van der Waals surface area (Å²) in [6, 6.07) is 0.390. The van der Waals surface area contributed by atoms with Crippen LogP contribution in [-0.4, -0.2) is 217 Å². The number of amides is 4. The maximum Gasteiger partial charge on any atom is 0.315 e. The van der Waals surface area contributed by atoms with Crippen molar-refractivity contribution in [3.8, 4) is 0 Å². The fourth-order valence-electron chi connectivity index (χ4n) is 12.7. The van der Waals surface area contributed by atoms with E-state index in [0.717, 1.165) is 62.8 Å². The number of nitrogens with zero attached hydrogens (tertiary/aromatic N) is 1. The maximum atomic E-state index is 12.5. The zero-order valence-corrected chi connectivity index (χ0v) is 48.7. The third-order valence-corrected chi connectivity index (χ3v) is 18.3. The van der Waals surface area contributed by atoms with Gasteiger partial charge in [0.25, 0.3) is 5.91 Å². The molecule has 452 valence electrons. The number of ketones is 1. The molecule has 4 N–H and O–H groups in total. The smallest absolute Gasteiger partial charge is 0.315 e. The number of carbonyl (C=O) groups excluding carboxylic acids is 4. The summed E-state index contributed by atoms with van der Waals surface area (Å²) in [5.41, 5.74) is 2.76. The lowest BCUT2D eigenvalue weighted by Crippen LogP contribution is -2.51.